The van der Waals surface area contributed by atoms with E-state index in [2.05, 4.69) is 0 Å². The van der Waals surface area contributed by atoms with Crippen molar-refractivity contribution in [3.8, 4) is 0 Å². The summed E-state index contributed by atoms with van der Waals surface area (Å²) < 4.78 is 28.9. The molecule has 0 aliphatic heterocycles. The maximum absolute atomic E-state index is 12.1. The maximum atomic E-state index is 12.1. The molecule has 0 atom stereocenters. The number of hydrogen-bond donors (Lipinski definition) is 0. The second-order valence-corrected chi connectivity index (χ2v) is 6.89. The van der Waals surface area contributed by atoms with Crippen LogP contribution in [0.4, 0.5) is 0 Å². The lowest BCUT2D eigenvalue weighted by Gasteiger charge is -2.20. The normalized spacial score (nSPS) is 11.7. The standard InChI is InChI=1S/C15H22O4S/c1-6-11(7-2)13-9-8-12(15(16)19-4)10(3)14(13)20(5,17)18/h8-9,11H,6-7H2,1-5H3. The molecule has 0 saturated carbocycles. The molecular weight excluding hydrogens is 276 g/mol. The molecule has 1 aromatic rings. The van der Waals surface area contributed by atoms with Crippen molar-refractivity contribution in [1.29, 1.82) is 0 Å². The summed E-state index contributed by atoms with van der Waals surface area (Å²) >= 11 is 0. The van der Waals surface area contributed by atoms with Gasteiger partial charge in [-0.05, 0) is 42.9 Å². The van der Waals surface area contributed by atoms with Gasteiger partial charge in [0.1, 0.15) is 0 Å². The third kappa shape index (κ3) is 3.20. The Kier molecular flexibility index (Phi) is 5.34. The zero-order chi connectivity index (χ0) is 15.5. The number of rotatable bonds is 5. The molecule has 0 radical (unpaired) electrons. The summed E-state index contributed by atoms with van der Waals surface area (Å²) in [7, 11) is -2.11. The number of carbonyl (C=O) groups is 1. The van der Waals surface area contributed by atoms with Crippen LogP contribution in [0.15, 0.2) is 17.0 Å². The van der Waals surface area contributed by atoms with Crippen LogP contribution < -0.4 is 0 Å². The van der Waals surface area contributed by atoms with Crippen molar-refractivity contribution in [2.75, 3.05) is 13.4 Å². The topological polar surface area (TPSA) is 60.4 Å². The van der Waals surface area contributed by atoms with Crippen molar-refractivity contribution < 1.29 is 17.9 Å². The van der Waals surface area contributed by atoms with E-state index >= 15 is 0 Å². The Morgan fingerprint density at radius 3 is 2.20 bits per heavy atom. The van der Waals surface area contributed by atoms with Gasteiger partial charge in [-0.1, -0.05) is 19.9 Å². The quantitative estimate of drug-likeness (QED) is 0.784. The lowest BCUT2D eigenvalue weighted by molar-refractivity contribution is 0.0599. The van der Waals surface area contributed by atoms with Crippen LogP contribution >= 0.6 is 0 Å². The zero-order valence-corrected chi connectivity index (χ0v) is 13.5. The summed E-state index contributed by atoms with van der Waals surface area (Å²) in [5, 5.41) is 0. The van der Waals surface area contributed by atoms with Crippen molar-refractivity contribution in [1.82, 2.24) is 0 Å². The Labute approximate surface area is 121 Å². The van der Waals surface area contributed by atoms with Crippen LogP contribution in [0.1, 0.15) is 54.1 Å². The van der Waals surface area contributed by atoms with Crippen LogP contribution in [0.3, 0.4) is 0 Å². The fourth-order valence-electron chi connectivity index (χ4n) is 2.59. The number of hydrogen-bond acceptors (Lipinski definition) is 4. The van der Waals surface area contributed by atoms with Crippen LogP contribution in [-0.2, 0) is 14.6 Å². The highest BCUT2D eigenvalue weighted by Gasteiger charge is 2.24. The average molecular weight is 298 g/mol. The minimum Gasteiger partial charge on any atom is -0.465 e. The molecular formula is C15H22O4S. The summed E-state index contributed by atoms with van der Waals surface area (Å²) in [5.74, 6) is -0.339. The van der Waals surface area contributed by atoms with E-state index in [0.29, 0.717) is 11.1 Å². The minimum atomic E-state index is -3.40. The van der Waals surface area contributed by atoms with Gasteiger partial charge in [0.15, 0.2) is 9.84 Å². The number of methoxy groups -OCH3 is 1. The molecule has 4 nitrogen and oxygen atoms in total. The van der Waals surface area contributed by atoms with Gasteiger partial charge in [-0.15, -0.1) is 0 Å². The smallest absolute Gasteiger partial charge is 0.338 e. The first-order valence-electron chi connectivity index (χ1n) is 6.69. The third-order valence-corrected chi connectivity index (χ3v) is 4.92. The molecule has 0 amide bonds. The van der Waals surface area contributed by atoms with Gasteiger partial charge in [-0.2, -0.15) is 0 Å². The summed E-state index contributed by atoms with van der Waals surface area (Å²) in [6.45, 7) is 5.72. The molecule has 1 aromatic carbocycles. The Morgan fingerprint density at radius 1 is 1.25 bits per heavy atom. The first kappa shape index (κ1) is 16.7. The Morgan fingerprint density at radius 2 is 1.80 bits per heavy atom. The SMILES string of the molecule is CCC(CC)c1ccc(C(=O)OC)c(C)c1S(C)(=O)=O. The minimum absolute atomic E-state index is 0.171. The predicted molar refractivity (Wildman–Crippen MR) is 79.0 cm³/mol. The summed E-state index contributed by atoms with van der Waals surface area (Å²) in [4.78, 5) is 12.0. The van der Waals surface area contributed by atoms with Crippen LogP contribution in [-0.4, -0.2) is 27.8 Å². The highest BCUT2D eigenvalue weighted by Crippen LogP contribution is 2.33. The van der Waals surface area contributed by atoms with E-state index in [1.807, 2.05) is 13.8 Å². The fraction of sp³-hybridized carbons (Fsp3) is 0.533. The summed E-state index contributed by atoms with van der Waals surface area (Å²) in [6.07, 6.45) is 2.90. The first-order valence-corrected chi connectivity index (χ1v) is 8.58. The lowest BCUT2D eigenvalue weighted by Crippen LogP contribution is -2.13. The molecule has 0 fully saturated rings. The second-order valence-electron chi connectivity index (χ2n) is 4.93. The summed E-state index contributed by atoms with van der Waals surface area (Å²) in [6, 6.07) is 3.40. The Bertz CT molecular complexity index is 599. The molecule has 0 spiro atoms. The second kappa shape index (κ2) is 6.39. The zero-order valence-electron chi connectivity index (χ0n) is 12.7. The molecule has 5 heteroatoms. The molecule has 0 aromatic heterocycles. The van der Waals surface area contributed by atoms with Gasteiger partial charge >= 0.3 is 5.97 Å². The molecule has 0 N–H and O–H groups in total. The van der Waals surface area contributed by atoms with Gasteiger partial charge < -0.3 is 4.74 Å². The molecule has 20 heavy (non-hydrogen) atoms. The molecule has 0 saturated heterocycles. The fourth-order valence-corrected chi connectivity index (χ4v) is 3.91. The Balaban J connectivity index is 3.65. The van der Waals surface area contributed by atoms with Crippen molar-refractivity contribution in [3.05, 3.63) is 28.8 Å². The van der Waals surface area contributed by atoms with Crippen molar-refractivity contribution in [3.63, 3.8) is 0 Å². The van der Waals surface area contributed by atoms with E-state index < -0.39 is 15.8 Å². The highest BCUT2D eigenvalue weighted by molar-refractivity contribution is 7.90. The largest absolute Gasteiger partial charge is 0.465 e. The molecule has 0 aliphatic rings. The molecule has 0 aliphatic carbocycles. The van der Waals surface area contributed by atoms with Crippen LogP contribution in [0, 0.1) is 6.92 Å². The van der Waals surface area contributed by atoms with E-state index in [9.17, 15) is 13.2 Å². The monoisotopic (exact) mass is 298 g/mol. The molecule has 112 valence electrons. The van der Waals surface area contributed by atoms with Gasteiger partial charge in [0.05, 0.1) is 17.6 Å². The van der Waals surface area contributed by atoms with Crippen molar-refractivity contribution in [2.24, 2.45) is 0 Å². The van der Waals surface area contributed by atoms with Crippen molar-refractivity contribution in [2.45, 2.75) is 44.4 Å². The van der Waals surface area contributed by atoms with E-state index in [1.54, 1.807) is 19.1 Å². The number of esters is 1. The van der Waals surface area contributed by atoms with Gasteiger partial charge in [0.25, 0.3) is 0 Å². The predicted octanol–water partition coefficient (Wildman–Crippen LogP) is 3.09. The summed E-state index contributed by atoms with van der Waals surface area (Å²) in [5.41, 5.74) is 1.58. The number of carbonyl (C=O) groups excluding carboxylic acids is 1. The first-order chi connectivity index (χ1) is 9.27. The van der Waals surface area contributed by atoms with E-state index in [4.69, 9.17) is 4.74 Å². The van der Waals surface area contributed by atoms with Crippen LogP contribution in [0.5, 0.6) is 0 Å². The van der Waals surface area contributed by atoms with Gasteiger partial charge in [-0.3, -0.25) is 0 Å². The van der Waals surface area contributed by atoms with Crippen LogP contribution in [0.25, 0.3) is 0 Å². The van der Waals surface area contributed by atoms with Gasteiger partial charge in [-0.25, -0.2) is 13.2 Å². The molecule has 0 unspecified atom stereocenters. The molecule has 0 heterocycles. The van der Waals surface area contributed by atoms with Gasteiger partial charge in [0.2, 0.25) is 0 Å². The van der Waals surface area contributed by atoms with E-state index in [0.717, 1.165) is 18.4 Å². The highest BCUT2D eigenvalue weighted by atomic mass is 32.2. The maximum Gasteiger partial charge on any atom is 0.338 e. The third-order valence-electron chi connectivity index (χ3n) is 3.64. The number of sulfone groups is 1. The number of ether oxygens (including phenoxy) is 1. The molecule has 0 bridgehead atoms. The van der Waals surface area contributed by atoms with E-state index in [1.165, 1.54) is 13.4 Å². The average Bonchev–Trinajstić information content (AvgIpc) is 2.38. The van der Waals surface area contributed by atoms with Gasteiger partial charge in [0, 0.05) is 6.26 Å². The number of benzene rings is 1. The molecule has 1 rings (SSSR count). The van der Waals surface area contributed by atoms with E-state index in [-0.39, 0.29) is 10.8 Å². The Hall–Kier alpha value is -1.36. The lowest BCUT2D eigenvalue weighted by atomic mass is 9.91. The van der Waals surface area contributed by atoms with Crippen molar-refractivity contribution >= 4 is 15.8 Å². The van der Waals surface area contributed by atoms with Crippen LogP contribution in [0.2, 0.25) is 0 Å².